The van der Waals surface area contributed by atoms with Crippen molar-refractivity contribution >= 4 is 34.6 Å². The Balaban J connectivity index is 1.86. The Kier molecular flexibility index (Phi) is 6.33. The zero-order chi connectivity index (χ0) is 23.6. The van der Waals surface area contributed by atoms with E-state index in [4.69, 9.17) is 4.43 Å². The van der Waals surface area contributed by atoms with Crippen molar-refractivity contribution in [3.8, 4) is 17.5 Å². The lowest BCUT2D eigenvalue weighted by Crippen LogP contribution is -2.68. The summed E-state index contributed by atoms with van der Waals surface area (Å²) in [6.07, 6.45) is 1.92. The Hall–Kier alpha value is -3.07. The molecule has 0 amide bonds. The van der Waals surface area contributed by atoms with E-state index in [1.54, 1.807) is 0 Å². The fourth-order valence-electron chi connectivity index (χ4n) is 4.50. The number of benzene rings is 3. The SMILES string of the molecule is Cc1cc(O[Si](c2ccccc2)(c2ccccc2)C(C)(C)C)ccc1-n1cc(Br)cc1C#N. The van der Waals surface area contributed by atoms with Gasteiger partial charge >= 0.3 is 8.32 Å². The van der Waals surface area contributed by atoms with E-state index < -0.39 is 8.32 Å². The van der Waals surface area contributed by atoms with E-state index in [-0.39, 0.29) is 5.04 Å². The highest BCUT2D eigenvalue weighted by Crippen LogP contribution is 2.38. The van der Waals surface area contributed by atoms with Crippen LogP contribution < -0.4 is 14.8 Å². The van der Waals surface area contributed by atoms with E-state index in [0.717, 1.165) is 21.5 Å². The lowest BCUT2D eigenvalue weighted by molar-refractivity contribution is 0.507. The van der Waals surface area contributed by atoms with Gasteiger partial charge in [-0.2, -0.15) is 5.26 Å². The van der Waals surface area contributed by atoms with Crippen molar-refractivity contribution in [3.63, 3.8) is 0 Å². The zero-order valence-electron chi connectivity index (χ0n) is 19.3. The normalized spacial score (nSPS) is 11.8. The molecule has 33 heavy (non-hydrogen) atoms. The minimum Gasteiger partial charge on any atom is -0.534 e. The molecule has 1 aromatic heterocycles. The van der Waals surface area contributed by atoms with Crippen molar-refractivity contribution in [2.45, 2.75) is 32.7 Å². The fourth-order valence-corrected chi connectivity index (χ4v) is 9.34. The van der Waals surface area contributed by atoms with Crippen LogP contribution in [0, 0.1) is 18.3 Å². The van der Waals surface area contributed by atoms with Gasteiger partial charge < -0.3 is 8.99 Å². The van der Waals surface area contributed by atoms with Gasteiger partial charge in [0.1, 0.15) is 17.5 Å². The Morgan fingerprint density at radius 2 is 1.45 bits per heavy atom. The maximum absolute atomic E-state index is 9.52. The van der Waals surface area contributed by atoms with Crippen LogP contribution in [0.2, 0.25) is 5.04 Å². The van der Waals surface area contributed by atoms with Gasteiger partial charge in [-0.1, -0.05) is 81.4 Å². The lowest BCUT2D eigenvalue weighted by atomic mass is 10.2. The minimum atomic E-state index is -2.69. The van der Waals surface area contributed by atoms with Crippen molar-refractivity contribution in [2.24, 2.45) is 0 Å². The third-order valence-corrected chi connectivity index (χ3v) is 11.4. The fraction of sp³-hybridized carbons (Fsp3) is 0.179. The predicted octanol–water partition coefficient (Wildman–Crippen LogP) is 6.36. The predicted molar refractivity (Wildman–Crippen MR) is 141 cm³/mol. The molecule has 4 aromatic rings. The molecule has 0 aliphatic rings. The highest BCUT2D eigenvalue weighted by molar-refractivity contribution is 9.10. The van der Waals surface area contributed by atoms with E-state index in [9.17, 15) is 5.26 Å². The first-order valence-electron chi connectivity index (χ1n) is 11.0. The molecule has 4 rings (SSSR count). The molecule has 5 heteroatoms. The lowest BCUT2D eigenvalue weighted by Gasteiger charge is -2.43. The highest BCUT2D eigenvalue weighted by atomic mass is 79.9. The quantitative estimate of drug-likeness (QED) is 0.290. The maximum atomic E-state index is 9.52. The van der Waals surface area contributed by atoms with Crippen LogP contribution in [0.3, 0.4) is 0 Å². The van der Waals surface area contributed by atoms with Crippen molar-refractivity contribution in [1.82, 2.24) is 4.57 Å². The molecule has 166 valence electrons. The molecule has 0 aliphatic heterocycles. The topological polar surface area (TPSA) is 38.0 Å². The second-order valence-electron chi connectivity index (χ2n) is 9.24. The van der Waals surface area contributed by atoms with Gasteiger partial charge in [0.25, 0.3) is 0 Å². The number of hydrogen-bond acceptors (Lipinski definition) is 2. The third kappa shape index (κ3) is 4.29. The van der Waals surface area contributed by atoms with Crippen LogP contribution in [0.1, 0.15) is 32.0 Å². The molecule has 0 atom stereocenters. The molecular weight excluding hydrogens is 488 g/mol. The van der Waals surface area contributed by atoms with E-state index >= 15 is 0 Å². The van der Waals surface area contributed by atoms with Crippen LogP contribution >= 0.6 is 15.9 Å². The molecule has 0 spiro atoms. The van der Waals surface area contributed by atoms with E-state index in [1.807, 2.05) is 29.0 Å². The molecule has 0 unspecified atom stereocenters. The van der Waals surface area contributed by atoms with Crippen LogP contribution in [0.4, 0.5) is 0 Å². The highest BCUT2D eigenvalue weighted by Gasteiger charge is 2.52. The third-order valence-electron chi connectivity index (χ3n) is 6.02. The van der Waals surface area contributed by atoms with Gasteiger partial charge in [0, 0.05) is 16.4 Å². The first-order chi connectivity index (χ1) is 15.8. The molecule has 0 bridgehead atoms. The Bertz CT molecular complexity index is 1260. The summed E-state index contributed by atoms with van der Waals surface area (Å²) in [4.78, 5) is 0. The zero-order valence-corrected chi connectivity index (χ0v) is 21.9. The van der Waals surface area contributed by atoms with Crippen molar-refractivity contribution in [1.29, 1.82) is 5.26 Å². The number of nitriles is 1. The number of rotatable bonds is 5. The first-order valence-corrected chi connectivity index (χ1v) is 13.7. The molecule has 0 fully saturated rings. The summed E-state index contributed by atoms with van der Waals surface area (Å²) in [5.41, 5.74) is 2.60. The van der Waals surface area contributed by atoms with E-state index in [0.29, 0.717) is 5.69 Å². The largest absolute Gasteiger partial charge is 0.534 e. The van der Waals surface area contributed by atoms with Crippen LogP contribution in [0.15, 0.2) is 95.6 Å². The maximum Gasteiger partial charge on any atom is 0.319 e. The molecule has 1 heterocycles. The van der Waals surface area contributed by atoms with Gasteiger partial charge in [-0.3, -0.25) is 0 Å². The standard InChI is InChI=1S/C28H27BrN2OSi/c1-21-17-24(15-16-27(21)31-20-22(29)18-23(31)19-30)32-33(28(2,3)4,25-11-7-5-8-12-25)26-13-9-6-10-14-26/h5-18,20H,1-4H3. The van der Waals surface area contributed by atoms with Crippen molar-refractivity contribution in [2.75, 3.05) is 0 Å². The van der Waals surface area contributed by atoms with Crippen molar-refractivity contribution < 1.29 is 4.43 Å². The van der Waals surface area contributed by atoms with Crippen LogP contribution in [-0.2, 0) is 0 Å². The molecule has 3 aromatic carbocycles. The summed E-state index contributed by atoms with van der Waals surface area (Å²) < 4.78 is 9.92. The summed E-state index contributed by atoms with van der Waals surface area (Å²) in [6.45, 7) is 8.88. The number of halogens is 1. The van der Waals surface area contributed by atoms with Gasteiger partial charge in [0.2, 0.25) is 0 Å². The molecule has 0 radical (unpaired) electrons. The van der Waals surface area contributed by atoms with Gasteiger partial charge in [-0.15, -0.1) is 0 Å². The number of nitrogens with zero attached hydrogens (tertiary/aromatic N) is 2. The Morgan fingerprint density at radius 3 is 1.94 bits per heavy atom. The Morgan fingerprint density at radius 1 is 0.879 bits per heavy atom. The van der Waals surface area contributed by atoms with Gasteiger partial charge in [0.05, 0.1) is 0 Å². The van der Waals surface area contributed by atoms with Gasteiger partial charge in [-0.05, 0) is 68.1 Å². The summed E-state index contributed by atoms with van der Waals surface area (Å²) in [5.74, 6) is 0.843. The molecule has 3 nitrogen and oxygen atoms in total. The number of aryl methyl sites for hydroxylation is 1. The summed E-state index contributed by atoms with van der Waals surface area (Å²) >= 11 is 3.48. The summed E-state index contributed by atoms with van der Waals surface area (Å²) in [5, 5.41) is 11.9. The molecule has 0 N–H and O–H groups in total. The number of aromatic nitrogens is 1. The second-order valence-corrected chi connectivity index (χ2v) is 14.4. The smallest absolute Gasteiger partial charge is 0.319 e. The molecule has 0 saturated carbocycles. The van der Waals surface area contributed by atoms with Crippen LogP contribution in [0.25, 0.3) is 5.69 Å². The van der Waals surface area contributed by atoms with E-state index in [2.05, 4.69) is 116 Å². The van der Waals surface area contributed by atoms with Gasteiger partial charge in [0.15, 0.2) is 0 Å². The van der Waals surface area contributed by atoms with Gasteiger partial charge in [-0.25, -0.2) is 0 Å². The average Bonchev–Trinajstić information content (AvgIpc) is 3.18. The van der Waals surface area contributed by atoms with Crippen LogP contribution in [0.5, 0.6) is 5.75 Å². The monoisotopic (exact) mass is 514 g/mol. The van der Waals surface area contributed by atoms with Crippen LogP contribution in [-0.4, -0.2) is 12.9 Å². The minimum absolute atomic E-state index is 0.110. The number of hydrogen-bond donors (Lipinski definition) is 0. The average molecular weight is 516 g/mol. The first kappa shape index (κ1) is 23.1. The van der Waals surface area contributed by atoms with E-state index in [1.165, 1.54) is 10.4 Å². The molecule has 0 saturated heterocycles. The summed E-state index contributed by atoms with van der Waals surface area (Å²) in [6, 6.07) is 31.5. The second kappa shape index (κ2) is 9.05. The molecule has 0 aliphatic carbocycles. The Labute approximate surface area is 205 Å². The molecular formula is C28H27BrN2OSi. The summed E-state index contributed by atoms with van der Waals surface area (Å²) in [7, 11) is -2.69. The van der Waals surface area contributed by atoms with Crippen molar-refractivity contribution in [3.05, 3.63) is 107 Å².